The fraction of sp³-hybridized carbons (Fsp3) is 0.727. The highest BCUT2D eigenvalue weighted by molar-refractivity contribution is 5.36. The molecule has 1 heterocycles. The molecule has 14 heavy (non-hydrogen) atoms. The SMILES string of the molecule is CNC1CCc2[nH]nc(C(C)(C)C)c21. The number of nitrogens with one attached hydrogen (secondary N) is 2. The van der Waals surface area contributed by atoms with E-state index in [1.165, 1.54) is 23.4 Å². The second-order valence-corrected chi connectivity index (χ2v) is 5.09. The Kier molecular flexibility index (Phi) is 2.14. The Labute approximate surface area is 85.3 Å². The molecule has 0 spiro atoms. The van der Waals surface area contributed by atoms with Crippen molar-refractivity contribution in [2.24, 2.45) is 0 Å². The summed E-state index contributed by atoms with van der Waals surface area (Å²) < 4.78 is 0. The van der Waals surface area contributed by atoms with Gasteiger partial charge in [-0.3, -0.25) is 5.10 Å². The number of aryl methyl sites for hydroxylation is 1. The van der Waals surface area contributed by atoms with Gasteiger partial charge in [-0.25, -0.2) is 0 Å². The van der Waals surface area contributed by atoms with Crippen molar-refractivity contribution in [3.05, 3.63) is 17.0 Å². The van der Waals surface area contributed by atoms with Crippen LogP contribution in [0.4, 0.5) is 0 Å². The van der Waals surface area contributed by atoms with Gasteiger partial charge < -0.3 is 5.32 Å². The van der Waals surface area contributed by atoms with Crippen molar-refractivity contribution < 1.29 is 0 Å². The fourth-order valence-electron chi connectivity index (χ4n) is 2.25. The molecule has 1 aliphatic rings. The quantitative estimate of drug-likeness (QED) is 0.715. The normalized spacial score (nSPS) is 21.3. The Morgan fingerprint density at radius 3 is 2.71 bits per heavy atom. The molecule has 0 saturated heterocycles. The second kappa shape index (κ2) is 3.09. The maximum atomic E-state index is 4.44. The van der Waals surface area contributed by atoms with Gasteiger partial charge in [-0.2, -0.15) is 5.10 Å². The van der Waals surface area contributed by atoms with Gasteiger partial charge in [0.2, 0.25) is 0 Å². The van der Waals surface area contributed by atoms with Crippen LogP contribution in [-0.2, 0) is 11.8 Å². The minimum Gasteiger partial charge on any atom is -0.313 e. The number of rotatable bonds is 1. The van der Waals surface area contributed by atoms with Crippen molar-refractivity contribution in [2.75, 3.05) is 7.05 Å². The van der Waals surface area contributed by atoms with Gasteiger partial charge in [-0.1, -0.05) is 20.8 Å². The summed E-state index contributed by atoms with van der Waals surface area (Å²) in [5, 5.41) is 11.0. The molecule has 0 bridgehead atoms. The fourth-order valence-corrected chi connectivity index (χ4v) is 2.25. The van der Waals surface area contributed by atoms with E-state index in [-0.39, 0.29) is 5.41 Å². The van der Waals surface area contributed by atoms with Gasteiger partial charge in [0.1, 0.15) is 0 Å². The molecule has 1 aliphatic carbocycles. The van der Waals surface area contributed by atoms with E-state index in [1.807, 2.05) is 7.05 Å². The first-order valence-corrected chi connectivity index (χ1v) is 5.29. The number of aromatic amines is 1. The molecule has 1 aromatic heterocycles. The lowest BCUT2D eigenvalue weighted by atomic mass is 9.88. The Balaban J connectivity index is 2.45. The van der Waals surface area contributed by atoms with Crippen molar-refractivity contribution in [1.29, 1.82) is 0 Å². The van der Waals surface area contributed by atoms with Crippen LogP contribution in [0, 0.1) is 0 Å². The first-order chi connectivity index (χ1) is 6.54. The molecule has 2 rings (SSSR count). The summed E-state index contributed by atoms with van der Waals surface area (Å²) in [6.45, 7) is 6.65. The topological polar surface area (TPSA) is 40.7 Å². The molecular formula is C11H19N3. The highest BCUT2D eigenvalue weighted by Gasteiger charge is 2.31. The molecule has 0 saturated carbocycles. The smallest absolute Gasteiger partial charge is 0.0726 e. The highest BCUT2D eigenvalue weighted by atomic mass is 15.1. The molecule has 1 atom stereocenters. The van der Waals surface area contributed by atoms with Crippen LogP contribution in [0.1, 0.15) is 50.2 Å². The van der Waals surface area contributed by atoms with E-state index >= 15 is 0 Å². The maximum absolute atomic E-state index is 4.44. The molecule has 0 fully saturated rings. The third-order valence-corrected chi connectivity index (χ3v) is 2.97. The second-order valence-electron chi connectivity index (χ2n) is 5.09. The van der Waals surface area contributed by atoms with Crippen LogP contribution in [0.2, 0.25) is 0 Å². The molecule has 78 valence electrons. The summed E-state index contributed by atoms with van der Waals surface area (Å²) in [4.78, 5) is 0. The van der Waals surface area contributed by atoms with Gasteiger partial charge >= 0.3 is 0 Å². The zero-order valence-electron chi connectivity index (χ0n) is 9.44. The molecule has 3 heteroatoms. The van der Waals surface area contributed by atoms with E-state index in [1.54, 1.807) is 0 Å². The number of aromatic nitrogens is 2. The third kappa shape index (κ3) is 1.36. The third-order valence-electron chi connectivity index (χ3n) is 2.97. The van der Waals surface area contributed by atoms with Crippen LogP contribution in [0.3, 0.4) is 0 Å². The lowest BCUT2D eigenvalue weighted by molar-refractivity contribution is 0.526. The number of hydrogen-bond donors (Lipinski definition) is 2. The van der Waals surface area contributed by atoms with E-state index in [0.29, 0.717) is 6.04 Å². The number of nitrogens with zero attached hydrogens (tertiary/aromatic N) is 1. The Morgan fingerprint density at radius 2 is 2.14 bits per heavy atom. The molecule has 0 aromatic carbocycles. The number of fused-ring (bicyclic) bond motifs is 1. The van der Waals surface area contributed by atoms with Crippen LogP contribution in [0.15, 0.2) is 0 Å². The average Bonchev–Trinajstić information content (AvgIpc) is 2.59. The van der Waals surface area contributed by atoms with Crippen LogP contribution >= 0.6 is 0 Å². The van der Waals surface area contributed by atoms with Gasteiger partial charge in [0, 0.05) is 22.7 Å². The monoisotopic (exact) mass is 193 g/mol. The Bertz CT molecular complexity index is 333. The van der Waals surface area contributed by atoms with Crippen molar-refractivity contribution >= 4 is 0 Å². The predicted octanol–water partition coefficient (Wildman–Crippen LogP) is 1.91. The standard InChI is InChI=1S/C11H19N3/c1-11(2,3)10-9-7(12-4)5-6-8(9)13-14-10/h7,12H,5-6H2,1-4H3,(H,13,14). The molecule has 3 nitrogen and oxygen atoms in total. The minimum atomic E-state index is 0.142. The summed E-state index contributed by atoms with van der Waals surface area (Å²) in [7, 11) is 2.03. The van der Waals surface area contributed by atoms with E-state index in [2.05, 4.69) is 36.3 Å². The van der Waals surface area contributed by atoms with E-state index in [0.717, 1.165) is 6.42 Å². The van der Waals surface area contributed by atoms with Crippen LogP contribution in [0.5, 0.6) is 0 Å². The number of H-pyrrole nitrogens is 1. The van der Waals surface area contributed by atoms with Crippen molar-refractivity contribution in [1.82, 2.24) is 15.5 Å². The molecule has 1 unspecified atom stereocenters. The van der Waals surface area contributed by atoms with Gasteiger partial charge in [0.15, 0.2) is 0 Å². The van der Waals surface area contributed by atoms with E-state index in [4.69, 9.17) is 0 Å². The first kappa shape index (κ1) is 9.71. The zero-order valence-corrected chi connectivity index (χ0v) is 9.44. The van der Waals surface area contributed by atoms with Crippen LogP contribution in [-0.4, -0.2) is 17.2 Å². The summed E-state index contributed by atoms with van der Waals surface area (Å²) in [5.74, 6) is 0. The predicted molar refractivity (Wildman–Crippen MR) is 57.4 cm³/mol. The molecule has 2 N–H and O–H groups in total. The Morgan fingerprint density at radius 1 is 1.43 bits per heavy atom. The van der Waals surface area contributed by atoms with E-state index in [9.17, 15) is 0 Å². The van der Waals surface area contributed by atoms with Crippen molar-refractivity contribution in [3.63, 3.8) is 0 Å². The summed E-state index contributed by atoms with van der Waals surface area (Å²) >= 11 is 0. The average molecular weight is 193 g/mol. The molecule has 1 aromatic rings. The summed E-state index contributed by atoms with van der Waals surface area (Å²) in [6, 6.07) is 0.498. The van der Waals surface area contributed by atoms with E-state index < -0.39 is 0 Å². The van der Waals surface area contributed by atoms with Gasteiger partial charge in [0.05, 0.1) is 5.69 Å². The van der Waals surface area contributed by atoms with Crippen molar-refractivity contribution in [3.8, 4) is 0 Å². The first-order valence-electron chi connectivity index (χ1n) is 5.29. The van der Waals surface area contributed by atoms with Gasteiger partial charge in [0.25, 0.3) is 0 Å². The van der Waals surface area contributed by atoms with Gasteiger partial charge in [-0.05, 0) is 19.9 Å². The summed E-state index contributed by atoms with van der Waals surface area (Å²) in [6.07, 6.45) is 2.33. The molecule has 0 aliphatic heterocycles. The maximum Gasteiger partial charge on any atom is 0.0726 e. The van der Waals surface area contributed by atoms with Crippen LogP contribution < -0.4 is 5.32 Å². The van der Waals surface area contributed by atoms with Crippen LogP contribution in [0.25, 0.3) is 0 Å². The van der Waals surface area contributed by atoms with Crippen molar-refractivity contribution in [2.45, 2.75) is 45.1 Å². The summed E-state index contributed by atoms with van der Waals surface area (Å²) in [5.41, 5.74) is 4.11. The lowest BCUT2D eigenvalue weighted by Gasteiger charge is -2.20. The Hall–Kier alpha value is -0.830. The number of hydrogen-bond acceptors (Lipinski definition) is 2. The molecule has 0 amide bonds. The van der Waals surface area contributed by atoms with Gasteiger partial charge in [-0.15, -0.1) is 0 Å². The highest BCUT2D eigenvalue weighted by Crippen LogP contribution is 2.36. The molecule has 0 radical (unpaired) electrons. The minimum absolute atomic E-state index is 0.142. The lowest BCUT2D eigenvalue weighted by Crippen LogP contribution is -2.20. The largest absolute Gasteiger partial charge is 0.313 e. The zero-order chi connectivity index (χ0) is 10.3. The molecular weight excluding hydrogens is 174 g/mol.